The van der Waals surface area contributed by atoms with Crippen LogP contribution in [0.25, 0.3) is 0 Å². The summed E-state index contributed by atoms with van der Waals surface area (Å²) in [6.45, 7) is 2.66. The second kappa shape index (κ2) is 6.30. The van der Waals surface area contributed by atoms with Gasteiger partial charge in [-0.2, -0.15) is 0 Å². The molecular formula is C15H16ClN3O. The zero-order chi connectivity index (χ0) is 14.5. The summed E-state index contributed by atoms with van der Waals surface area (Å²) in [5.41, 5.74) is 9.30. The molecule has 0 aromatic heterocycles. The normalized spacial score (nSPS) is 11.4. The van der Waals surface area contributed by atoms with E-state index < -0.39 is 0 Å². The van der Waals surface area contributed by atoms with E-state index in [0.29, 0.717) is 17.1 Å². The van der Waals surface area contributed by atoms with E-state index >= 15 is 0 Å². The molecule has 0 radical (unpaired) electrons. The number of hydrogen-bond donors (Lipinski definition) is 3. The highest BCUT2D eigenvalue weighted by Crippen LogP contribution is 2.20. The molecule has 20 heavy (non-hydrogen) atoms. The molecule has 0 bridgehead atoms. The van der Waals surface area contributed by atoms with Crippen molar-refractivity contribution in [2.75, 3.05) is 5.32 Å². The van der Waals surface area contributed by atoms with Gasteiger partial charge in [0, 0.05) is 22.8 Å². The number of benzene rings is 2. The maximum Gasteiger partial charge on any atom is 0.170 e. The van der Waals surface area contributed by atoms with Crippen molar-refractivity contribution >= 4 is 23.1 Å². The van der Waals surface area contributed by atoms with Crippen molar-refractivity contribution in [2.24, 2.45) is 10.9 Å². The summed E-state index contributed by atoms with van der Waals surface area (Å²) in [6.07, 6.45) is 0. The van der Waals surface area contributed by atoms with Gasteiger partial charge in [0.1, 0.15) is 0 Å². The Morgan fingerprint density at radius 1 is 1.30 bits per heavy atom. The van der Waals surface area contributed by atoms with Gasteiger partial charge in [-0.25, -0.2) is 0 Å². The van der Waals surface area contributed by atoms with Gasteiger partial charge in [0.25, 0.3) is 0 Å². The van der Waals surface area contributed by atoms with Gasteiger partial charge in [0.2, 0.25) is 0 Å². The van der Waals surface area contributed by atoms with Crippen molar-refractivity contribution in [1.82, 2.24) is 0 Å². The van der Waals surface area contributed by atoms with Crippen LogP contribution in [-0.4, -0.2) is 11.0 Å². The van der Waals surface area contributed by atoms with Crippen molar-refractivity contribution in [3.63, 3.8) is 0 Å². The van der Waals surface area contributed by atoms with Crippen molar-refractivity contribution in [1.29, 1.82) is 0 Å². The summed E-state index contributed by atoms with van der Waals surface area (Å²) in [7, 11) is 0. The van der Waals surface area contributed by atoms with E-state index in [-0.39, 0.29) is 5.84 Å². The number of amidine groups is 1. The number of oxime groups is 1. The Labute approximate surface area is 122 Å². The molecule has 0 fully saturated rings. The molecular weight excluding hydrogens is 274 g/mol. The highest BCUT2D eigenvalue weighted by atomic mass is 35.5. The van der Waals surface area contributed by atoms with Crippen LogP contribution in [0.15, 0.2) is 47.6 Å². The van der Waals surface area contributed by atoms with Crippen LogP contribution < -0.4 is 11.1 Å². The van der Waals surface area contributed by atoms with Crippen LogP contribution in [0.5, 0.6) is 0 Å². The highest BCUT2D eigenvalue weighted by Gasteiger charge is 2.05. The van der Waals surface area contributed by atoms with Crippen LogP contribution in [0.2, 0.25) is 5.02 Å². The third-order valence-electron chi connectivity index (χ3n) is 2.96. The monoisotopic (exact) mass is 289 g/mol. The standard InChI is InChI=1S/C15H16ClN3O/c1-10-3-2-4-13(7-10)18-9-12-6-5-11(8-14(12)16)15(17)19-20/h2-8,18,20H,9H2,1H3,(H2,17,19). The Morgan fingerprint density at radius 2 is 2.10 bits per heavy atom. The molecule has 4 nitrogen and oxygen atoms in total. The molecule has 0 heterocycles. The summed E-state index contributed by atoms with van der Waals surface area (Å²) >= 11 is 6.20. The minimum atomic E-state index is 0.0464. The second-order valence-electron chi connectivity index (χ2n) is 4.51. The SMILES string of the molecule is Cc1cccc(NCc2ccc(/C(N)=N/O)cc2Cl)c1. The topological polar surface area (TPSA) is 70.6 Å². The second-order valence-corrected chi connectivity index (χ2v) is 4.92. The van der Waals surface area contributed by atoms with Gasteiger partial charge in [-0.05, 0) is 36.2 Å². The third kappa shape index (κ3) is 3.42. The van der Waals surface area contributed by atoms with Gasteiger partial charge in [-0.15, -0.1) is 0 Å². The van der Waals surface area contributed by atoms with E-state index in [1.165, 1.54) is 5.56 Å². The Hall–Kier alpha value is -2.20. The molecule has 0 aliphatic rings. The van der Waals surface area contributed by atoms with Gasteiger partial charge in [-0.1, -0.05) is 41.0 Å². The van der Waals surface area contributed by atoms with Crippen molar-refractivity contribution in [2.45, 2.75) is 13.5 Å². The Morgan fingerprint density at radius 3 is 2.75 bits per heavy atom. The predicted molar refractivity (Wildman–Crippen MR) is 82.5 cm³/mol. The van der Waals surface area contributed by atoms with Gasteiger partial charge in [0.15, 0.2) is 5.84 Å². The number of halogens is 1. The largest absolute Gasteiger partial charge is 0.409 e. The molecule has 2 aromatic rings. The summed E-state index contributed by atoms with van der Waals surface area (Å²) in [4.78, 5) is 0. The number of rotatable bonds is 4. The van der Waals surface area contributed by atoms with Crippen LogP contribution >= 0.6 is 11.6 Å². The van der Waals surface area contributed by atoms with Crippen LogP contribution in [0.4, 0.5) is 5.69 Å². The first-order chi connectivity index (χ1) is 9.60. The molecule has 0 aliphatic carbocycles. The minimum Gasteiger partial charge on any atom is -0.409 e. The Kier molecular flexibility index (Phi) is 4.48. The zero-order valence-corrected chi connectivity index (χ0v) is 11.9. The lowest BCUT2D eigenvalue weighted by atomic mass is 10.1. The molecule has 0 saturated heterocycles. The van der Waals surface area contributed by atoms with E-state index in [4.69, 9.17) is 22.5 Å². The molecule has 2 aromatic carbocycles. The zero-order valence-electron chi connectivity index (χ0n) is 11.1. The fourth-order valence-electron chi connectivity index (χ4n) is 1.86. The summed E-state index contributed by atoms with van der Waals surface area (Å²) in [6, 6.07) is 13.4. The first-order valence-corrected chi connectivity index (χ1v) is 6.55. The summed E-state index contributed by atoms with van der Waals surface area (Å²) < 4.78 is 0. The fourth-order valence-corrected chi connectivity index (χ4v) is 2.11. The number of hydrogen-bond acceptors (Lipinski definition) is 3. The summed E-state index contributed by atoms with van der Waals surface area (Å²) in [5.74, 6) is 0.0464. The molecule has 0 spiro atoms. The summed E-state index contributed by atoms with van der Waals surface area (Å²) in [5, 5.41) is 15.5. The number of aryl methyl sites for hydroxylation is 1. The van der Waals surface area contributed by atoms with Crippen molar-refractivity contribution in [3.8, 4) is 0 Å². The molecule has 5 heteroatoms. The molecule has 0 amide bonds. The van der Waals surface area contributed by atoms with Crippen LogP contribution in [-0.2, 0) is 6.54 Å². The first kappa shape index (κ1) is 14.2. The van der Waals surface area contributed by atoms with Crippen LogP contribution in [0.3, 0.4) is 0 Å². The maximum atomic E-state index is 8.63. The fraction of sp³-hybridized carbons (Fsp3) is 0.133. The third-order valence-corrected chi connectivity index (χ3v) is 3.31. The van der Waals surface area contributed by atoms with Crippen molar-refractivity contribution < 1.29 is 5.21 Å². The van der Waals surface area contributed by atoms with Gasteiger partial charge in [-0.3, -0.25) is 0 Å². The lowest BCUT2D eigenvalue weighted by Gasteiger charge is -2.10. The first-order valence-electron chi connectivity index (χ1n) is 6.17. The molecule has 2 rings (SSSR count). The van der Waals surface area contributed by atoms with E-state index in [1.807, 2.05) is 31.2 Å². The lowest BCUT2D eigenvalue weighted by Crippen LogP contribution is -2.13. The van der Waals surface area contributed by atoms with E-state index in [9.17, 15) is 0 Å². The van der Waals surface area contributed by atoms with E-state index in [1.54, 1.807) is 12.1 Å². The number of nitrogens with zero attached hydrogens (tertiary/aromatic N) is 1. The number of anilines is 1. The van der Waals surface area contributed by atoms with Gasteiger partial charge >= 0.3 is 0 Å². The molecule has 104 valence electrons. The lowest BCUT2D eigenvalue weighted by molar-refractivity contribution is 0.318. The number of nitrogens with two attached hydrogens (primary N) is 1. The quantitative estimate of drug-likeness (QED) is 0.350. The van der Waals surface area contributed by atoms with Crippen molar-refractivity contribution in [3.05, 3.63) is 64.2 Å². The van der Waals surface area contributed by atoms with Gasteiger partial charge in [0.05, 0.1) is 0 Å². The predicted octanol–water partition coefficient (Wildman–Crippen LogP) is 3.36. The molecule has 0 aliphatic heterocycles. The molecule has 0 unspecified atom stereocenters. The Balaban J connectivity index is 2.11. The van der Waals surface area contributed by atoms with Crippen LogP contribution in [0.1, 0.15) is 16.7 Å². The minimum absolute atomic E-state index is 0.0464. The average molecular weight is 290 g/mol. The van der Waals surface area contributed by atoms with Gasteiger partial charge < -0.3 is 16.3 Å². The highest BCUT2D eigenvalue weighted by molar-refractivity contribution is 6.31. The molecule has 0 saturated carbocycles. The molecule has 4 N–H and O–H groups in total. The number of nitrogens with one attached hydrogen (secondary N) is 1. The average Bonchev–Trinajstić information content (AvgIpc) is 2.45. The van der Waals surface area contributed by atoms with E-state index in [2.05, 4.69) is 16.5 Å². The molecule has 0 atom stereocenters. The van der Waals surface area contributed by atoms with Crippen LogP contribution in [0, 0.1) is 6.92 Å². The maximum absolute atomic E-state index is 8.63. The van der Waals surface area contributed by atoms with E-state index in [0.717, 1.165) is 11.3 Å². The smallest absolute Gasteiger partial charge is 0.170 e. The Bertz CT molecular complexity index is 641.